The van der Waals surface area contributed by atoms with Crippen molar-refractivity contribution < 1.29 is 9.84 Å². The van der Waals surface area contributed by atoms with E-state index < -0.39 is 5.60 Å². The van der Waals surface area contributed by atoms with Gasteiger partial charge in [0.05, 0.1) is 12.7 Å². The van der Waals surface area contributed by atoms with E-state index in [1.807, 2.05) is 31.2 Å². The van der Waals surface area contributed by atoms with Crippen molar-refractivity contribution in [2.45, 2.75) is 32.3 Å². The van der Waals surface area contributed by atoms with Crippen LogP contribution in [-0.2, 0) is 18.4 Å². The molecular weight excluding hydrogens is 284 g/mol. The molecule has 0 bridgehead atoms. The molecule has 0 amide bonds. The first-order valence-electron chi connectivity index (χ1n) is 7.10. The zero-order valence-corrected chi connectivity index (χ0v) is 13.4. The summed E-state index contributed by atoms with van der Waals surface area (Å²) in [6, 6.07) is 13.5. The molecule has 1 atom stereocenters. The first kappa shape index (κ1) is 15.9. The lowest BCUT2D eigenvalue weighted by Crippen LogP contribution is -2.24. The molecule has 1 unspecified atom stereocenters. The van der Waals surface area contributed by atoms with Crippen LogP contribution in [0.4, 0.5) is 0 Å². The van der Waals surface area contributed by atoms with Crippen molar-refractivity contribution in [3.05, 3.63) is 64.2 Å². The topological polar surface area (TPSA) is 29.5 Å². The van der Waals surface area contributed by atoms with Crippen molar-refractivity contribution in [1.82, 2.24) is 0 Å². The first-order valence-corrected chi connectivity index (χ1v) is 7.48. The Morgan fingerprint density at radius 3 is 2.38 bits per heavy atom. The van der Waals surface area contributed by atoms with Crippen molar-refractivity contribution >= 4 is 11.6 Å². The van der Waals surface area contributed by atoms with Gasteiger partial charge in [0, 0.05) is 11.4 Å². The highest BCUT2D eigenvalue weighted by atomic mass is 35.5. The highest BCUT2D eigenvalue weighted by molar-refractivity contribution is 6.30. The van der Waals surface area contributed by atoms with Gasteiger partial charge in [-0.05, 0) is 48.2 Å². The fourth-order valence-corrected chi connectivity index (χ4v) is 2.65. The van der Waals surface area contributed by atoms with Crippen molar-refractivity contribution in [1.29, 1.82) is 0 Å². The van der Waals surface area contributed by atoms with E-state index in [1.165, 1.54) is 5.56 Å². The molecular formula is C18H21ClO2. The predicted octanol–water partition coefficient (Wildman–Crippen LogP) is 4.36. The molecule has 2 aromatic rings. The number of methoxy groups -OCH3 is 1. The summed E-state index contributed by atoms with van der Waals surface area (Å²) in [7, 11) is 1.62. The van der Waals surface area contributed by atoms with Crippen LogP contribution < -0.4 is 4.74 Å². The molecule has 2 aromatic carbocycles. The highest BCUT2D eigenvalue weighted by Gasteiger charge is 2.25. The molecule has 0 saturated heterocycles. The number of halogens is 1. The molecule has 0 aromatic heterocycles. The maximum Gasteiger partial charge on any atom is 0.122 e. The van der Waals surface area contributed by atoms with Gasteiger partial charge in [0.15, 0.2) is 0 Å². The minimum atomic E-state index is -0.968. The van der Waals surface area contributed by atoms with Gasteiger partial charge in [0.25, 0.3) is 0 Å². The van der Waals surface area contributed by atoms with Crippen LogP contribution in [0.25, 0.3) is 0 Å². The summed E-state index contributed by atoms with van der Waals surface area (Å²) < 4.78 is 5.35. The smallest absolute Gasteiger partial charge is 0.122 e. The van der Waals surface area contributed by atoms with E-state index in [0.717, 1.165) is 23.3 Å². The second-order valence-electron chi connectivity index (χ2n) is 5.46. The number of aryl methyl sites for hydroxylation is 1. The number of rotatable bonds is 5. The first-order chi connectivity index (χ1) is 9.96. The number of hydrogen-bond donors (Lipinski definition) is 1. The van der Waals surface area contributed by atoms with E-state index in [4.69, 9.17) is 16.3 Å². The van der Waals surface area contributed by atoms with Gasteiger partial charge in [-0.2, -0.15) is 0 Å². The van der Waals surface area contributed by atoms with E-state index in [0.29, 0.717) is 11.4 Å². The van der Waals surface area contributed by atoms with Gasteiger partial charge in [-0.15, -0.1) is 0 Å². The van der Waals surface area contributed by atoms with Crippen LogP contribution in [0.3, 0.4) is 0 Å². The molecule has 0 aliphatic heterocycles. The largest absolute Gasteiger partial charge is 0.496 e. The Balaban J connectivity index is 2.29. The molecule has 0 aliphatic rings. The van der Waals surface area contributed by atoms with E-state index in [9.17, 15) is 5.11 Å². The fraction of sp³-hybridized carbons (Fsp3) is 0.333. The fourth-order valence-electron chi connectivity index (χ4n) is 2.46. The lowest BCUT2D eigenvalue weighted by atomic mass is 9.88. The molecule has 2 rings (SSSR count). The minimum absolute atomic E-state index is 0.447. The molecule has 21 heavy (non-hydrogen) atoms. The van der Waals surface area contributed by atoms with Crippen LogP contribution in [0.5, 0.6) is 5.75 Å². The summed E-state index contributed by atoms with van der Waals surface area (Å²) in [6.45, 7) is 3.93. The van der Waals surface area contributed by atoms with Crippen LogP contribution >= 0.6 is 11.6 Å². The Labute approximate surface area is 131 Å². The van der Waals surface area contributed by atoms with Gasteiger partial charge in [-0.3, -0.25) is 0 Å². The molecule has 0 aliphatic carbocycles. The molecule has 2 nitrogen and oxygen atoms in total. The number of ether oxygens (including phenoxy) is 1. The molecule has 0 saturated carbocycles. The summed E-state index contributed by atoms with van der Waals surface area (Å²) in [4.78, 5) is 0. The minimum Gasteiger partial charge on any atom is -0.496 e. The monoisotopic (exact) mass is 304 g/mol. The van der Waals surface area contributed by atoms with E-state index >= 15 is 0 Å². The second-order valence-corrected chi connectivity index (χ2v) is 5.89. The molecule has 1 N–H and O–H groups in total. The van der Waals surface area contributed by atoms with Gasteiger partial charge in [0.2, 0.25) is 0 Å². The van der Waals surface area contributed by atoms with Crippen molar-refractivity contribution in [3.63, 3.8) is 0 Å². The third-order valence-corrected chi connectivity index (χ3v) is 4.00. The number of hydrogen-bond acceptors (Lipinski definition) is 2. The molecule has 3 heteroatoms. The van der Waals surface area contributed by atoms with Gasteiger partial charge in [0.1, 0.15) is 5.75 Å². The van der Waals surface area contributed by atoms with Gasteiger partial charge >= 0.3 is 0 Å². The third kappa shape index (κ3) is 3.78. The van der Waals surface area contributed by atoms with E-state index in [-0.39, 0.29) is 0 Å². The van der Waals surface area contributed by atoms with Crippen LogP contribution in [0.15, 0.2) is 42.5 Å². The van der Waals surface area contributed by atoms with Crippen LogP contribution in [-0.4, -0.2) is 12.2 Å². The number of benzene rings is 2. The Hall–Kier alpha value is -1.51. The Morgan fingerprint density at radius 1 is 1.14 bits per heavy atom. The molecule has 0 radical (unpaired) electrons. The zero-order valence-electron chi connectivity index (χ0n) is 12.7. The Kier molecular flexibility index (Phi) is 4.92. The van der Waals surface area contributed by atoms with Crippen molar-refractivity contribution in [2.75, 3.05) is 7.11 Å². The van der Waals surface area contributed by atoms with Crippen molar-refractivity contribution in [3.8, 4) is 5.75 Å². The van der Waals surface area contributed by atoms with Crippen LogP contribution in [0.2, 0.25) is 5.02 Å². The molecule has 0 spiro atoms. The van der Waals surface area contributed by atoms with E-state index in [2.05, 4.69) is 19.1 Å². The number of aliphatic hydroxyl groups is 1. The van der Waals surface area contributed by atoms with Gasteiger partial charge in [-0.1, -0.05) is 42.8 Å². The standard InChI is InChI=1S/C18H21ClO2/c1-4-13-5-7-15(8-6-13)18(2,20)12-14-11-16(19)9-10-17(14)21-3/h5-11,20H,4,12H2,1-3H3. The average Bonchev–Trinajstić information content (AvgIpc) is 2.47. The highest BCUT2D eigenvalue weighted by Crippen LogP contribution is 2.31. The summed E-state index contributed by atoms with van der Waals surface area (Å²) in [5.74, 6) is 0.741. The van der Waals surface area contributed by atoms with Crippen LogP contribution in [0.1, 0.15) is 30.5 Å². The maximum absolute atomic E-state index is 10.8. The third-order valence-electron chi connectivity index (χ3n) is 3.76. The second kappa shape index (κ2) is 6.50. The van der Waals surface area contributed by atoms with Crippen LogP contribution in [0, 0.1) is 0 Å². The van der Waals surface area contributed by atoms with Gasteiger partial charge in [-0.25, -0.2) is 0 Å². The summed E-state index contributed by atoms with van der Waals surface area (Å²) in [6.07, 6.45) is 1.44. The summed E-state index contributed by atoms with van der Waals surface area (Å²) in [5.41, 5.74) is 2.08. The summed E-state index contributed by atoms with van der Waals surface area (Å²) >= 11 is 6.05. The SMILES string of the molecule is CCc1ccc(C(C)(O)Cc2cc(Cl)ccc2OC)cc1. The maximum atomic E-state index is 10.8. The zero-order chi connectivity index (χ0) is 15.5. The Bertz CT molecular complexity index is 603. The Morgan fingerprint density at radius 2 is 1.81 bits per heavy atom. The van der Waals surface area contributed by atoms with Crippen molar-refractivity contribution in [2.24, 2.45) is 0 Å². The average molecular weight is 305 g/mol. The molecule has 0 fully saturated rings. The van der Waals surface area contributed by atoms with E-state index in [1.54, 1.807) is 13.2 Å². The molecule has 112 valence electrons. The quantitative estimate of drug-likeness (QED) is 0.889. The van der Waals surface area contributed by atoms with Gasteiger partial charge < -0.3 is 9.84 Å². The normalized spacial score (nSPS) is 13.8. The summed E-state index contributed by atoms with van der Waals surface area (Å²) in [5, 5.41) is 11.5. The predicted molar refractivity (Wildman–Crippen MR) is 87.1 cm³/mol. The lowest BCUT2D eigenvalue weighted by molar-refractivity contribution is 0.0569. The molecule has 0 heterocycles. The lowest BCUT2D eigenvalue weighted by Gasteiger charge is -2.25.